The monoisotopic (exact) mass is 233 g/mol. The molecular weight excluding hydrogens is 206 g/mol. The molecule has 0 fully saturated rings. The molecule has 0 saturated heterocycles. The lowest BCUT2D eigenvalue weighted by atomic mass is 10.2. The van der Waals surface area contributed by atoms with Gasteiger partial charge in [-0.05, 0) is 39.2 Å². The van der Waals surface area contributed by atoms with Crippen molar-refractivity contribution in [2.24, 2.45) is 0 Å². The zero-order valence-corrected chi connectivity index (χ0v) is 10.7. The summed E-state index contributed by atoms with van der Waals surface area (Å²) >= 11 is 0. The van der Waals surface area contributed by atoms with Crippen molar-refractivity contribution in [3.8, 4) is 0 Å². The quantitative estimate of drug-likeness (QED) is 0.396. The third-order valence-corrected chi connectivity index (χ3v) is 2.49. The van der Waals surface area contributed by atoms with E-state index in [1.54, 1.807) is 14.2 Å². The van der Waals surface area contributed by atoms with Crippen LogP contribution in [0.4, 0.5) is 0 Å². The molecule has 0 spiro atoms. The first-order valence-corrected chi connectivity index (χ1v) is 6.23. The van der Waals surface area contributed by atoms with Crippen molar-refractivity contribution in [1.82, 2.24) is 5.32 Å². The fourth-order valence-corrected chi connectivity index (χ4v) is 1.42. The van der Waals surface area contributed by atoms with Gasteiger partial charge in [0, 0.05) is 26.9 Å². The van der Waals surface area contributed by atoms with E-state index in [4.69, 9.17) is 9.47 Å². The highest BCUT2D eigenvalue weighted by Gasteiger charge is 1.98. The fourth-order valence-electron chi connectivity index (χ4n) is 1.42. The molecule has 0 aliphatic carbocycles. The molecule has 2 N–H and O–H groups in total. The summed E-state index contributed by atoms with van der Waals surface area (Å²) in [5.41, 5.74) is 0. The number of hydrogen-bond acceptors (Lipinski definition) is 4. The molecular formula is C12H27NO3. The summed E-state index contributed by atoms with van der Waals surface area (Å²) in [6.45, 7) is 2.50. The molecule has 0 radical (unpaired) electrons. The Balaban J connectivity index is 2.93. The Hall–Kier alpha value is -0.160. The van der Waals surface area contributed by atoms with E-state index in [0.29, 0.717) is 0 Å². The van der Waals surface area contributed by atoms with E-state index in [1.807, 2.05) is 0 Å². The highest BCUT2D eigenvalue weighted by Crippen LogP contribution is 2.02. The average Bonchev–Trinajstić information content (AvgIpc) is 2.31. The van der Waals surface area contributed by atoms with Gasteiger partial charge < -0.3 is 14.6 Å². The van der Waals surface area contributed by atoms with Gasteiger partial charge >= 0.3 is 0 Å². The fraction of sp³-hybridized carbons (Fsp3) is 1.00. The summed E-state index contributed by atoms with van der Waals surface area (Å²) in [6.07, 6.45) is 5.88. The molecule has 0 aliphatic heterocycles. The third kappa shape index (κ3) is 11.9. The molecule has 1 atom stereocenters. The van der Waals surface area contributed by atoms with Crippen molar-refractivity contribution in [1.29, 1.82) is 0 Å². The Kier molecular flexibility index (Phi) is 12.8. The lowest BCUT2D eigenvalue weighted by Gasteiger charge is -2.08. The van der Waals surface area contributed by atoms with Crippen molar-refractivity contribution in [2.75, 3.05) is 34.0 Å². The van der Waals surface area contributed by atoms with Crippen LogP contribution in [0, 0.1) is 0 Å². The predicted molar refractivity (Wildman–Crippen MR) is 65.5 cm³/mol. The van der Waals surface area contributed by atoms with Gasteiger partial charge in [-0.3, -0.25) is 5.32 Å². The van der Waals surface area contributed by atoms with Crippen molar-refractivity contribution < 1.29 is 14.6 Å². The maximum atomic E-state index is 9.23. The summed E-state index contributed by atoms with van der Waals surface area (Å²) in [6, 6.07) is 0. The van der Waals surface area contributed by atoms with E-state index >= 15 is 0 Å². The van der Waals surface area contributed by atoms with E-state index in [2.05, 4.69) is 5.32 Å². The molecule has 4 nitrogen and oxygen atoms in total. The number of rotatable bonds is 12. The molecule has 0 aromatic rings. The van der Waals surface area contributed by atoms with Gasteiger partial charge in [0.25, 0.3) is 0 Å². The van der Waals surface area contributed by atoms with Crippen LogP contribution in [0.5, 0.6) is 0 Å². The van der Waals surface area contributed by atoms with Gasteiger partial charge in [0.1, 0.15) is 6.23 Å². The van der Waals surface area contributed by atoms with E-state index < -0.39 is 0 Å². The third-order valence-electron chi connectivity index (χ3n) is 2.49. The van der Waals surface area contributed by atoms with Crippen LogP contribution in [0.1, 0.15) is 38.5 Å². The van der Waals surface area contributed by atoms with Crippen LogP contribution >= 0.6 is 0 Å². The lowest BCUT2D eigenvalue weighted by molar-refractivity contribution is 0.111. The summed E-state index contributed by atoms with van der Waals surface area (Å²) in [5.74, 6) is 0. The van der Waals surface area contributed by atoms with Crippen molar-refractivity contribution in [3.63, 3.8) is 0 Å². The number of ether oxygens (including phenoxy) is 2. The minimum Gasteiger partial charge on any atom is -0.385 e. The maximum absolute atomic E-state index is 9.23. The van der Waals surface area contributed by atoms with Crippen LogP contribution in [0.25, 0.3) is 0 Å². The van der Waals surface area contributed by atoms with E-state index in [9.17, 15) is 5.11 Å². The van der Waals surface area contributed by atoms with Crippen LogP contribution in [-0.2, 0) is 9.47 Å². The Bertz CT molecular complexity index is 133. The van der Waals surface area contributed by atoms with Crippen LogP contribution in [-0.4, -0.2) is 45.3 Å². The lowest BCUT2D eigenvalue weighted by Crippen LogP contribution is -2.23. The highest BCUT2D eigenvalue weighted by atomic mass is 16.5. The zero-order chi connectivity index (χ0) is 12.1. The Labute approximate surface area is 99.3 Å². The minimum atomic E-state index is -0.352. The van der Waals surface area contributed by atoms with Crippen LogP contribution < -0.4 is 5.32 Å². The molecule has 0 heterocycles. The van der Waals surface area contributed by atoms with Gasteiger partial charge in [-0.1, -0.05) is 6.42 Å². The Morgan fingerprint density at radius 2 is 1.62 bits per heavy atom. The average molecular weight is 233 g/mol. The molecule has 0 aliphatic rings. The Morgan fingerprint density at radius 3 is 2.25 bits per heavy atom. The van der Waals surface area contributed by atoms with Crippen LogP contribution in [0.2, 0.25) is 0 Å². The van der Waals surface area contributed by atoms with Crippen LogP contribution in [0.3, 0.4) is 0 Å². The molecule has 0 aromatic heterocycles. The summed E-state index contributed by atoms with van der Waals surface area (Å²) < 4.78 is 10.4. The predicted octanol–water partition coefficient (Wildman–Crippen LogP) is 1.53. The van der Waals surface area contributed by atoms with Crippen molar-refractivity contribution >= 4 is 0 Å². The molecule has 16 heavy (non-hydrogen) atoms. The van der Waals surface area contributed by atoms with Gasteiger partial charge in [0.05, 0.1) is 0 Å². The van der Waals surface area contributed by atoms with E-state index in [-0.39, 0.29) is 6.23 Å². The minimum absolute atomic E-state index is 0.352. The second kappa shape index (κ2) is 12.9. The summed E-state index contributed by atoms with van der Waals surface area (Å²) in [5, 5.41) is 12.0. The smallest absolute Gasteiger partial charge is 0.104 e. The number of hydrogen-bond donors (Lipinski definition) is 2. The number of nitrogens with one attached hydrogen (secondary N) is 1. The number of methoxy groups -OCH3 is 1. The molecule has 0 saturated carbocycles. The van der Waals surface area contributed by atoms with Crippen LogP contribution in [0.15, 0.2) is 0 Å². The van der Waals surface area contributed by atoms with E-state index in [0.717, 1.165) is 58.3 Å². The maximum Gasteiger partial charge on any atom is 0.104 e. The molecule has 0 bridgehead atoms. The van der Waals surface area contributed by atoms with Gasteiger partial charge in [0.15, 0.2) is 0 Å². The number of aliphatic hydroxyl groups excluding tert-OH is 1. The first-order valence-electron chi connectivity index (χ1n) is 6.23. The Morgan fingerprint density at radius 1 is 1.00 bits per heavy atom. The largest absolute Gasteiger partial charge is 0.385 e. The summed E-state index contributed by atoms with van der Waals surface area (Å²) in [4.78, 5) is 0. The van der Waals surface area contributed by atoms with E-state index in [1.165, 1.54) is 0 Å². The summed E-state index contributed by atoms with van der Waals surface area (Å²) in [7, 11) is 3.49. The molecule has 4 heteroatoms. The second-order valence-corrected chi connectivity index (χ2v) is 3.97. The zero-order valence-electron chi connectivity index (χ0n) is 10.7. The SMILES string of the molecule is CNC(O)CCCCCOCCCCOC. The highest BCUT2D eigenvalue weighted by molar-refractivity contribution is 4.50. The number of unbranched alkanes of at least 4 members (excludes halogenated alkanes) is 3. The van der Waals surface area contributed by atoms with Gasteiger partial charge in [-0.25, -0.2) is 0 Å². The molecule has 98 valence electrons. The molecule has 0 aromatic carbocycles. The first kappa shape index (κ1) is 15.8. The topological polar surface area (TPSA) is 50.7 Å². The normalized spacial score (nSPS) is 12.9. The molecule has 1 unspecified atom stereocenters. The number of aliphatic hydroxyl groups is 1. The van der Waals surface area contributed by atoms with Gasteiger partial charge in [-0.2, -0.15) is 0 Å². The van der Waals surface area contributed by atoms with Crippen molar-refractivity contribution in [2.45, 2.75) is 44.8 Å². The molecule has 0 amide bonds. The van der Waals surface area contributed by atoms with Gasteiger partial charge in [-0.15, -0.1) is 0 Å². The van der Waals surface area contributed by atoms with Gasteiger partial charge in [0.2, 0.25) is 0 Å². The first-order chi connectivity index (χ1) is 7.81. The van der Waals surface area contributed by atoms with Crippen molar-refractivity contribution in [3.05, 3.63) is 0 Å². The molecule has 0 rings (SSSR count). The standard InChI is InChI=1S/C12H27NO3/c1-13-12(14)8-4-3-5-10-16-11-7-6-9-15-2/h12-14H,3-11H2,1-2H3. The second-order valence-electron chi connectivity index (χ2n) is 3.97.